The number of nitrogens with one attached hydrogen (secondary N) is 1. The molecule has 0 saturated carbocycles. The van der Waals surface area contributed by atoms with Crippen molar-refractivity contribution in [1.29, 1.82) is 0 Å². The van der Waals surface area contributed by atoms with E-state index in [1.807, 2.05) is 6.92 Å². The van der Waals surface area contributed by atoms with Gasteiger partial charge < -0.3 is 4.74 Å². The molecule has 0 saturated heterocycles. The number of amides is 1. The van der Waals surface area contributed by atoms with E-state index >= 15 is 0 Å². The minimum absolute atomic E-state index is 0.117. The lowest BCUT2D eigenvalue weighted by molar-refractivity contribution is 0.102. The summed E-state index contributed by atoms with van der Waals surface area (Å²) in [7, 11) is 0. The third kappa shape index (κ3) is 3.15. The average Bonchev–Trinajstić information content (AvgIpc) is 2.87. The monoisotopic (exact) mass is 259 g/mol. The van der Waals surface area contributed by atoms with Crippen molar-refractivity contribution in [1.82, 2.24) is 20.2 Å². The van der Waals surface area contributed by atoms with Gasteiger partial charge in [0.05, 0.1) is 6.61 Å². The van der Waals surface area contributed by atoms with Gasteiger partial charge in [-0.1, -0.05) is 17.7 Å². The van der Waals surface area contributed by atoms with E-state index in [4.69, 9.17) is 4.74 Å². The number of hydrogen-bond acceptors (Lipinski definition) is 5. The first-order valence-corrected chi connectivity index (χ1v) is 5.69. The Balaban J connectivity index is 2.10. The van der Waals surface area contributed by atoms with Gasteiger partial charge in [0.1, 0.15) is 5.75 Å². The van der Waals surface area contributed by atoms with Crippen molar-refractivity contribution in [3.63, 3.8) is 0 Å². The summed E-state index contributed by atoms with van der Waals surface area (Å²) < 4.78 is 5.33. The minimum atomic E-state index is -0.329. The summed E-state index contributed by atoms with van der Waals surface area (Å²) in [6, 6.07) is 6.85. The number of aromatic nitrogens is 4. The highest BCUT2D eigenvalue weighted by molar-refractivity contribution is 6.03. The number of carbonyl (C=O) groups is 1. The molecule has 0 unspecified atom stereocenters. The van der Waals surface area contributed by atoms with Crippen LogP contribution in [0, 0.1) is 0 Å². The molecule has 0 radical (unpaired) electrons. The molecule has 0 aliphatic carbocycles. The lowest BCUT2D eigenvalue weighted by atomic mass is 10.2. The van der Waals surface area contributed by atoms with Gasteiger partial charge in [0.25, 0.3) is 11.9 Å². The Kier molecular flexibility index (Phi) is 3.87. The molecule has 7 heteroatoms. The van der Waals surface area contributed by atoms with Crippen LogP contribution in [0.1, 0.15) is 17.3 Å². The molecule has 2 aromatic rings. The van der Waals surface area contributed by atoms with Gasteiger partial charge in [0.2, 0.25) is 0 Å². The summed E-state index contributed by atoms with van der Waals surface area (Å²) in [6.45, 7) is 5.90. The molecule has 1 aromatic heterocycles. The third-order valence-corrected chi connectivity index (χ3v) is 2.22. The zero-order valence-electron chi connectivity index (χ0n) is 10.4. The van der Waals surface area contributed by atoms with Crippen LogP contribution in [0.5, 0.6) is 5.75 Å². The Morgan fingerprint density at radius 1 is 1.58 bits per heavy atom. The van der Waals surface area contributed by atoms with E-state index in [9.17, 15) is 4.79 Å². The number of nitrogens with zero attached hydrogens (tertiary/aromatic N) is 4. The number of hydrogen-bond donors (Lipinski definition) is 1. The normalized spacial score (nSPS) is 9.95. The fourth-order valence-corrected chi connectivity index (χ4v) is 1.42. The largest absolute Gasteiger partial charge is 0.494 e. The van der Waals surface area contributed by atoms with Gasteiger partial charge in [-0.15, -0.1) is 9.90 Å². The van der Waals surface area contributed by atoms with Gasteiger partial charge in [0, 0.05) is 11.8 Å². The second kappa shape index (κ2) is 5.76. The highest BCUT2D eigenvalue weighted by Crippen LogP contribution is 2.14. The molecule has 1 heterocycles. The molecule has 98 valence electrons. The van der Waals surface area contributed by atoms with Crippen molar-refractivity contribution in [3.8, 4) is 5.75 Å². The van der Waals surface area contributed by atoms with Gasteiger partial charge in [0.15, 0.2) is 0 Å². The SMILES string of the molecule is C=Cn1nnc(NC(=O)c2cccc(OCC)c2)n1. The fourth-order valence-electron chi connectivity index (χ4n) is 1.42. The van der Waals surface area contributed by atoms with Crippen LogP contribution in [0.2, 0.25) is 0 Å². The maximum absolute atomic E-state index is 12.0. The summed E-state index contributed by atoms with van der Waals surface area (Å²) in [5, 5.41) is 13.7. The topological polar surface area (TPSA) is 81.9 Å². The van der Waals surface area contributed by atoms with Gasteiger partial charge in [-0.05, 0) is 30.3 Å². The number of carbonyl (C=O) groups excluding carboxylic acids is 1. The van der Waals surface area contributed by atoms with Crippen molar-refractivity contribution in [2.75, 3.05) is 11.9 Å². The first-order valence-electron chi connectivity index (χ1n) is 5.69. The lowest BCUT2D eigenvalue weighted by Gasteiger charge is -2.05. The van der Waals surface area contributed by atoms with E-state index in [0.29, 0.717) is 17.9 Å². The van der Waals surface area contributed by atoms with E-state index < -0.39 is 0 Å². The first-order chi connectivity index (χ1) is 9.22. The van der Waals surface area contributed by atoms with E-state index in [1.54, 1.807) is 24.3 Å². The Morgan fingerprint density at radius 3 is 3.11 bits per heavy atom. The van der Waals surface area contributed by atoms with Gasteiger partial charge in [-0.3, -0.25) is 10.1 Å². The summed E-state index contributed by atoms with van der Waals surface area (Å²) >= 11 is 0. The molecule has 1 aromatic carbocycles. The fraction of sp³-hybridized carbons (Fsp3) is 0.167. The van der Waals surface area contributed by atoms with Crippen LogP contribution >= 0.6 is 0 Å². The Labute approximate surface area is 109 Å². The summed E-state index contributed by atoms with van der Waals surface area (Å²) in [6.07, 6.45) is 1.37. The number of benzene rings is 1. The minimum Gasteiger partial charge on any atom is -0.494 e. The average molecular weight is 259 g/mol. The summed E-state index contributed by atoms with van der Waals surface area (Å²) in [5.74, 6) is 0.426. The van der Waals surface area contributed by atoms with Gasteiger partial charge in [-0.2, -0.15) is 0 Å². The predicted octanol–water partition coefficient (Wildman–Crippen LogP) is 1.42. The number of rotatable bonds is 5. The predicted molar refractivity (Wildman–Crippen MR) is 69.8 cm³/mol. The van der Waals surface area contributed by atoms with Crippen molar-refractivity contribution in [3.05, 3.63) is 36.4 Å². The molecule has 0 spiro atoms. The highest BCUT2D eigenvalue weighted by atomic mass is 16.5. The van der Waals surface area contributed by atoms with Crippen LogP contribution in [0.15, 0.2) is 30.8 Å². The zero-order chi connectivity index (χ0) is 13.7. The van der Waals surface area contributed by atoms with Gasteiger partial charge >= 0.3 is 0 Å². The van der Waals surface area contributed by atoms with E-state index in [-0.39, 0.29) is 11.9 Å². The van der Waals surface area contributed by atoms with Crippen molar-refractivity contribution in [2.24, 2.45) is 0 Å². The number of ether oxygens (including phenoxy) is 1. The van der Waals surface area contributed by atoms with Gasteiger partial charge in [-0.25, -0.2) is 0 Å². The van der Waals surface area contributed by atoms with Crippen molar-refractivity contribution >= 4 is 18.1 Å². The molecule has 0 bridgehead atoms. The van der Waals surface area contributed by atoms with Crippen LogP contribution in [0.25, 0.3) is 6.20 Å². The molecular weight excluding hydrogens is 246 g/mol. The number of anilines is 1. The van der Waals surface area contributed by atoms with Crippen LogP contribution in [0.3, 0.4) is 0 Å². The molecule has 2 rings (SSSR count). The summed E-state index contributed by atoms with van der Waals surface area (Å²) in [5.41, 5.74) is 0.459. The molecule has 0 atom stereocenters. The molecule has 19 heavy (non-hydrogen) atoms. The Morgan fingerprint density at radius 2 is 2.42 bits per heavy atom. The second-order valence-electron chi connectivity index (χ2n) is 3.53. The molecule has 1 N–H and O–H groups in total. The Hall–Kier alpha value is -2.70. The quantitative estimate of drug-likeness (QED) is 0.878. The van der Waals surface area contributed by atoms with Crippen molar-refractivity contribution < 1.29 is 9.53 Å². The summed E-state index contributed by atoms with van der Waals surface area (Å²) in [4.78, 5) is 13.1. The lowest BCUT2D eigenvalue weighted by Crippen LogP contribution is -2.13. The van der Waals surface area contributed by atoms with E-state index in [0.717, 1.165) is 4.80 Å². The highest BCUT2D eigenvalue weighted by Gasteiger charge is 2.10. The smallest absolute Gasteiger partial charge is 0.270 e. The maximum atomic E-state index is 12.0. The first kappa shape index (κ1) is 12.7. The molecule has 1 amide bonds. The molecule has 7 nitrogen and oxygen atoms in total. The molecular formula is C12H13N5O2. The Bertz CT molecular complexity index is 593. The van der Waals surface area contributed by atoms with E-state index in [2.05, 4.69) is 27.3 Å². The second-order valence-corrected chi connectivity index (χ2v) is 3.53. The van der Waals surface area contributed by atoms with Crippen LogP contribution in [-0.2, 0) is 0 Å². The molecule has 0 fully saturated rings. The molecule has 0 aliphatic heterocycles. The standard InChI is InChI=1S/C12H13N5O2/c1-3-17-15-12(14-16-17)13-11(18)9-6-5-7-10(8-9)19-4-2/h3,5-8H,1,4H2,2H3,(H,13,15,18). The third-order valence-electron chi connectivity index (χ3n) is 2.22. The number of tetrazole rings is 1. The van der Waals surface area contributed by atoms with E-state index in [1.165, 1.54) is 6.20 Å². The van der Waals surface area contributed by atoms with Crippen molar-refractivity contribution in [2.45, 2.75) is 6.92 Å². The maximum Gasteiger partial charge on any atom is 0.270 e. The zero-order valence-corrected chi connectivity index (χ0v) is 10.4. The van der Waals surface area contributed by atoms with Crippen LogP contribution in [0.4, 0.5) is 5.95 Å². The molecule has 0 aliphatic rings. The van der Waals surface area contributed by atoms with Crippen LogP contribution in [-0.4, -0.2) is 32.7 Å². The van der Waals surface area contributed by atoms with Crippen LogP contribution < -0.4 is 10.1 Å².